The molecular formula is C20H24Cl2N4O2. The smallest absolute Gasteiger partial charge is 0.298 e. The van der Waals surface area contributed by atoms with Gasteiger partial charge >= 0.3 is 0 Å². The van der Waals surface area contributed by atoms with Gasteiger partial charge in [0.25, 0.3) is 6.01 Å². The molecule has 1 fully saturated rings. The van der Waals surface area contributed by atoms with Crippen LogP contribution in [0.3, 0.4) is 0 Å². The Morgan fingerprint density at radius 3 is 2.32 bits per heavy atom. The maximum atomic E-state index is 12.6. The van der Waals surface area contributed by atoms with Crippen LogP contribution in [-0.2, 0) is 4.79 Å². The largest absolute Gasteiger partial charge is 0.423 e. The fourth-order valence-electron chi connectivity index (χ4n) is 3.28. The van der Waals surface area contributed by atoms with Crippen molar-refractivity contribution < 1.29 is 9.21 Å². The average molecular weight is 423 g/mol. The molecule has 150 valence electrons. The number of hydrogen-bond acceptors (Lipinski definition) is 5. The van der Waals surface area contributed by atoms with Gasteiger partial charge in [-0.2, -0.15) is 4.98 Å². The topological polar surface area (TPSA) is 75.6 Å². The van der Waals surface area contributed by atoms with E-state index in [0.29, 0.717) is 38.6 Å². The lowest BCUT2D eigenvalue weighted by molar-refractivity contribution is -0.131. The van der Waals surface area contributed by atoms with Crippen molar-refractivity contribution in [3.63, 3.8) is 0 Å². The zero-order chi connectivity index (χ0) is 17.9. The maximum Gasteiger partial charge on any atom is 0.298 e. The van der Waals surface area contributed by atoms with E-state index in [1.807, 2.05) is 59.5 Å². The number of rotatable bonds is 4. The first-order valence-corrected chi connectivity index (χ1v) is 8.89. The Morgan fingerprint density at radius 2 is 1.64 bits per heavy atom. The molecule has 3 aromatic rings. The van der Waals surface area contributed by atoms with Crippen LogP contribution in [0.2, 0.25) is 0 Å². The van der Waals surface area contributed by atoms with Crippen molar-refractivity contribution in [2.75, 3.05) is 31.1 Å². The number of piperazine rings is 1. The minimum Gasteiger partial charge on any atom is -0.423 e. The number of carbonyl (C=O) groups is 1. The quantitative estimate of drug-likeness (QED) is 0.696. The summed E-state index contributed by atoms with van der Waals surface area (Å²) in [4.78, 5) is 21.0. The number of nitrogens with two attached hydrogens (primary N) is 1. The van der Waals surface area contributed by atoms with Gasteiger partial charge in [-0.3, -0.25) is 4.79 Å². The van der Waals surface area contributed by atoms with Gasteiger partial charge in [0.15, 0.2) is 5.58 Å². The molecular weight excluding hydrogens is 399 g/mol. The number of aromatic nitrogens is 1. The number of nitrogens with zero attached hydrogens (tertiary/aromatic N) is 3. The predicted octanol–water partition coefficient (Wildman–Crippen LogP) is 3.41. The molecule has 0 radical (unpaired) electrons. The van der Waals surface area contributed by atoms with Crippen LogP contribution < -0.4 is 10.6 Å². The monoisotopic (exact) mass is 422 g/mol. The van der Waals surface area contributed by atoms with Gasteiger partial charge in [-0.05, 0) is 17.7 Å². The highest BCUT2D eigenvalue weighted by Crippen LogP contribution is 2.23. The van der Waals surface area contributed by atoms with Crippen LogP contribution >= 0.6 is 24.8 Å². The summed E-state index contributed by atoms with van der Waals surface area (Å²) in [5, 5.41) is 0. The standard InChI is InChI=1S/C20H22N4O2.2ClH/c21-16(15-6-2-1-3-7-15)14-19(25)23-10-12-24(13-11-23)20-22-17-8-4-5-9-18(17)26-20;;/h1-9,16H,10-14,21H2;2*1H. The van der Waals surface area contributed by atoms with Gasteiger partial charge in [0, 0.05) is 38.6 Å². The van der Waals surface area contributed by atoms with Gasteiger partial charge in [-0.25, -0.2) is 0 Å². The molecule has 1 unspecified atom stereocenters. The van der Waals surface area contributed by atoms with Crippen molar-refractivity contribution in [2.24, 2.45) is 5.73 Å². The Kier molecular flexibility index (Phi) is 7.69. The highest BCUT2D eigenvalue weighted by Gasteiger charge is 2.25. The molecule has 1 aliphatic heterocycles. The lowest BCUT2D eigenvalue weighted by Crippen LogP contribution is -2.49. The number of benzene rings is 2. The van der Waals surface area contributed by atoms with Crippen molar-refractivity contribution in [1.29, 1.82) is 0 Å². The van der Waals surface area contributed by atoms with E-state index in [0.717, 1.165) is 16.7 Å². The predicted molar refractivity (Wildman–Crippen MR) is 115 cm³/mol. The van der Waals surface area contributed by atoms with Crippen molar-refractivity contribution >= 4 is 47.8 Å². The molecule has 28 heavy (non-hydrogen) atoms. The third-order valence-electron chi connectivity index (χ3n) is 4.81. The zero-order valence-corrected chi connectivity index (χ0v) is 17.0. The van der Waals surface area contributed by atoms with Crippen LogP contribution in [0.15, 0.2) is 59.0 Å². The summed E-state index contributed by atoms with van der Waals surface area (Å²) >= 11 is 0. The highest BCUT2D eigenvalue weighted by atomic mass is 35.5. The van der Waals surface area contributed by atoms with Crippen LogP contribution in [0.1, 0.15) is 18.0 Å². The number of oxazole rings is 1. The Balaban J connectivity index is 0.00000140. The molecule has 1 amide bonds. The number of halogens is 2. The first-order valence-electron chi connectivity index (χ1n) is 8.89. The molecule has 0 bridgehead atoms. The van der Waals surface area contributed by atoms with Gasteiger partial charge < -0.3 is 20.0 Å². The molecule has 4 rings (SSSR count). The zero-order valence-electron chi connectivity index (χ0n) is 15.4. The Hall–Kier alpha value is -2.28. The minimum absolute atomic E-state index is 0. The van der Waals surface area contributed by atoms with Crippen LogP contribution in [0.25, 0.3) is 11.1 Å². The number of hydrogen-bond donors (Lipinski definition) is 1. The van der Waals surface area contributed by atoms with E-state index in [2.05, 4.69) is 9.88 Å². The summed E-state index contributed by atoms with van der Waals surface area (Å²) in [5.41, 5.74) is 8.82. The van der Waals surface area contributed by atoms with Gasteiger partial charge in [0.05, 0.1) is 0 Å². The molecule has 1 saturated heterocycles. The number of fused-ring (bicyclic) bond motifs is 1. The minimum atomic E-state index is -0.265. The van der Waals surface area contributed by atoms with E-state index in [4.69, 9.17) is 10.2 Å². The van der Waals surface area contributed by atoms with Gasteiger partial charge in [0.2, 0.25) is 5.91 Å². The molecule has 2 aromatic carbocycles. The fraction of sp³-hybridized carbons (Fsp3) is 0.300. The molecule has 0 saturated carbocycles. The van der Waals surface area contributed by atoms with E-state index in [9.17, 15) is 4.79 Å². The number of anilines is 1. The summed E-state index contributed by atoms with van der Waals surface area (Å²) in [6.45, 7) is 2.72. The third-order valence-corrected chi connectivity index (χ3v) is 4.81. The summed E-state index contributed by atoms with van der Waals surface area (Å²) in [6, 6.07) is 17.8. The first-order chi connectivity index (χ1) is 12.7. The van der Waals surface area contributed by atoms with E-state index < -0.39 is 0 Å². The average Bonchev–Trinajstić information content (AvgIpc) is 3.13. The van der Waals surface area contributed by atoms with Crippen molar-refractivity contribution in [3.8, 4) is 0 Å². The van der Waals surface area contributed by atoms with Gasteiger partial charge in [-0.1, -0.05) is 42.5 Å². The van der Waals surface area contributed by atoms with Crippen LogP contribution in [-0.4, -0.2) is 42.0 Å². The normalized spacial score (nSPS) is 14.9. The third kappa shape index (κ3) is 4.76. The van der Waals surface area contributed by atoms with Crippen molar-refractivity contribution in [2.45, 2.75) is 12.5 Å². The Bertz CT molecular complexity index is 862. The van der Waals surface area contributed by atoms with Crippen LogP contribution in [0.4, 0.5) is 6.01 Å². The molecule has 0 spiro atoms. The fourth-order valence-corrected chi connectivity index (χ4v) is 3.28. The summed E-state index contributed by atoms with van der Waals surface area (Å²) < 4.78 is 5.82. The summed E-state index contributed by atoms with van der Waals surface area (Å²) in [5.74, 6) is 0.0959. The molecule has 2 N–H and O–H groups in total. The van der Waals surface area contributed by atoms with Crippen LogP contribution in [0.5, 0.6) is 0 Å². The van der Waals surface area contributed by atoms with Crippen molar-refractivity contribution in [1.82, 2.24) is 9.88 Å². The second-order valence-electron chi connectivity index (χ2n) is 6.55. The second-order valence-corrected chi connectivity index (χ2v) is 6.55. The molecule has 1 atom stereocenters. The molecule has 1 aromatic heterocycles. The number of amides is 1. The maximum absolute atomic E-state index is 12.6. The van der Waals surface area contributed by atoms with Crippen LogP contribution in [0, 0.1) is 0 Å². The number of carbonyl (C=O) groups excluding carboxylic acids is 1. The summed E-state index contributed by atoms with van der Waals surface area (Å²) in [7, 11) is 0. The summed E-state index contributed by atoms with van der Waals surface area (Å²) in [6.07, 6.45) is 0.326. The van der Waals surface area contributed by atoms with E-state index >= 15 is 0 Å². The van der Waals surface area contributed by atoms with Gasteiger partial charge in [-0.15, -0.1) is 24.8 Å². The highest BCUT2D eigenvalue weighted by molar-refractivity contribution is 5.85. The molecule has 2 heterocycles. The van der Waals surface area contributed by atoms with Gasteiger partial charge in [0.1, 0.15) is 5.52 Å². The molecule has 6 nitrogen and oxygen atoms in total. The lowest BCUT2D eigenvalue weighted by Gasteiger charge is -2.34. The number of para-hydroxylation sites is 2. The Labute approximate surface area is 176 Å². The molecule has 8 heteroatoms. The molecule has 1 aliphatic rings. The SMILES string of the molecule is Cl.Cl.NC(CC(=O)N1CCN(c2nc3ccccc3o2)CC1)c1ccccc1. The second kappa shape index (κ2) is 9.78. The van der Waals surface area contributed by atoms with E-state index in [1.54, 1.807) is 0 Å². The van der Waals surface area contributed by atoms with E-state index in [-0.39, 0.29) is 36.8 Å². The first kappa shape index (κ1) is 22.0. The molecule has 0 aliphatic carbocycles. The lowest BCUT2D eigenvalue weighted by atomic mass is 10.0. The Morgan fingerprint density at radius 1 is 1.00 bits per heavy atom. The van der Waals surface area contributed by atoms with E-state index in [1.165, 1.54) is 0 Å². The van der Waals surface area contributed by atoms with Crippen molar-refractivity contribution in [3.05, 3.63) is 60.2 Å².